The van der Waals surface area contributed by atoms with E-state index in [1.54, 1.807) is 6.07 Å². The molecule has 110 valence electrons. The zero-order valence-electron chi connectivity index (χ0n) is 12.3. The Labute approximate surface area is 120 Å². The lowest BCUT2D eigenvalue weighted by atomic mass is 9.91. The van der Waals surface area contributed by atoms with Gasteiger partial charge in [0, 0.05) is 18.0 Å². The normalized spacial score (nSPS) is 12.9. The minimum Gasteiger partial charge on any atom is -0.315 e. The molecule has 0 spiro atoms. The van der Waals surface area contributed by atoms with Crippen LogP contribution in [0.25, 0.3) is 0 Å². The van der Waals surface area contributed by atoms with E-state index < -0.39 is 10.0 Å². The van der Waals surface area contributed by atoms with E-state index in [-0.39, 0.29) is 5.41 Å². The lowest BCUT2D eigenvalue weighted by Crippen LogP contribution is -2.33. The fraction of sp³-hybridized carbons (Fsp3) is 0.692. The van der Waals surface area contributed by atoms with Gasteiger partial charge in [-0.25, -0.2) is 13.1 Å². The molecule has 0 saturated carbocycles. The number of sulfonamides is 1. The van der Waals surface area contributed by atoms with E-state index in [1.165, 1.54) is 11.3 Å². The van der Waals surface area contributed by atoms with E-state index >= 15 is 0 Å². The summed E-state index contributed by atoms with van der Waals surface area (Å²) < 4.78 is 27.6. The minimum absolute atomic E-state index is 0.0207. The molecule has 2 N–H and O–H groups in total. The molecule has 0 atom stereocenters. The molecule has 0 amide bonds. The van der Waals surface area contributed by atoms with Gasteiger partial charge >= 0.3 is 0 Å². The number of aryl methyl sites for hydroxylation is 1. The largest absolute Gasteiger partial charge is 0.315 e. The Bertz CT molecular complexity index is 519. The third-order valence-corrected chi connectivity index (χ3v) is 6.41. The minimum atomic E-state index is -3.38. The Hall–Kier alpha value is -0.430. The van der Waals surface area contributed by atoms with E-state index in [4.69, 9.17) is 0 Å². The number of nitrogens with one attached hydrogen (secondary N) is 2. The number of hydrogen-bond acceptors (Lipinski definition) is 4. The molecule has 1 heterocycles. The van der Waals surface area contributed by atoms with Gasteiger partial charge in [-0.05, 0) is 37.4 Å². The standard InChI is InChI=1S/C13H24N2O2S2/c1-6-13(3,4)9-15-19(16,17)12-7-10(2)11(18-12)8-14-5/h7,14-15H,6,8-9H2,1-5H3. The topological polar surface area (TPSA) is 58.2 Å². The maximum Gasteiger partial charge on any atom is 0.250 e. The van der Waals surface area contributed by atoms with Crippen molar-refractivity contribution in [3.8, 4) is 0 Å². The van der Waals surface area contributed by atoms with Gasteiger partial charge < -0.3 is 5.32 Å². The summed E-state index contributed by atoms with van der Waals surface area (Å²) in [5.41, 5.74) is 1.00. The third kappa shape index (κ3) is 4.56. The van der Waals surface area contributed by atoms with Crippen molar-refractivity contribution in [3.63, 3.8) is 0 Å². The molecule has 0 aliphatic rings. The van der Waals surface area contributed by atoms with Crippen LogP contribution in [0.1, 0.15) is 37.6 Å². The summed E-state index contributed by atoms with van der Waals surface area (Å²) in [5, 5.41) is 3.05. The molecule has 0 aromatic carbocycles. The zero-order chi connectivity index (χ0) is 14.7. The van der Waals surface area contributed by atoms with Crippen LogP contribution in [0, 0.1) is 12.3 Å². The molecule has 6 heteroatoms. The van der Waals surface area contributed by atoms with Crippen LogP contribution in [0.3, 0.4) is 0 Å². The quantitative estimate of drug-likeness (QED) is 0.813. The van der Waals surface area contributed by atoms with E-state index in [9.17, 15) is 8.42 Å². The summed E-state index contributed by atoms with van der Waals surface area (Å²) in [6.07, 6.45) is 0.935. The highest BCUT2D eigenvalue weighted by molar-refractivity contribution is 7.91. The molecule has 4 nitrogen and oxygen atoms in total. The van der Waals surface area contributed by atoms with Gasteiger partial charge in [0.2, 0.25) is 10.0 Å². The molecule has 0 saturated heterocycles. The van der Waals surface area contributed by atoms with E-state index in [0.717, 1.165) is 16.9 Å². The summed E-state index contributed by atoms with van der Waals surface area (Å²) in [7, 11) is -1.53. The fourth-order valence-corrected chi connectivity index (χ4v) is 4.33. The van der Waals surface area contributed by atoms with Crippen LogP contribution in [0.5, 0.6) is 0 Å². The highest BCUT2D eigenvalue weighted by Crippen LogP contribution is 2.26. The van der Waals surface area contributed by atoms with E-state index in [2.05, 4.69) is 30.8 Å². The van der Waals surface area contributed by atoms with E-state index in [0.29, 0.717) is 17.3 Å². The fourth-order valence-electron chi connectivity index (χ4n) is 1.44. The zero-order valence-corrected chi connectivity index (χ0v) is 14.0. The first kappa shape index (κ1) is 16.6. The predicted octanol–water partition coefficient (Wildman–Crippen LogP) is 2.49. The van der Waals surface area contributed by atoms with Gasteiger partial charge in [0.05, 0.1) is 0 Å². The molecule has 0 aliphatic carbocycles. The van der Waals surface area contributed by atoms with Crippen LogP contribution >= 0.6 is 11.3 Å². The SMILES string of the molecule is CCC(C)(C)CNS(=O)(=O)c1cc(C)c(CNC)s1. The molecule has 1 rings (SSSR count). The molecule has 0 radical (unpaired) electrons. The Kier molecular flexibility index (Phi) is 5.55. The van der Waals surface area contributed by atoms with Crippen LogP contribution in [-0.2, 0) is 16.6 Å². The molecule has 0 fully saturated rings. The van der Waals surface area contributed by atoms with Crippen molar-refractivity contribution >= 4 is 21.4 Å². The molecule has 0 bridgehead atoms. The lowest BCUT2D eigenvalue weighted by Gasteiger charge is -2.22. The first-order valence-electron chi connectivity index (χ1n) is 6.45. The van der Waals surface area contributed by atoms with Crippen LogP contribution < -0.4 is 10.0 Å². The highest BCUT2D eigenvalue weighted by Gasteiger charge is 2.22. The van der Waals surface area contributed by atoms with Gasteiger partial charge in [-0.15, -0.1) is 11.3 Å². The summed E-state index contributed by atoms with van der Waals surface area (Å²) in [6.45, 7) is 9.28. The van der Waals surface area contributed by atoms with Gasteiger partial charge in [0.25, 0.3) is 0 Å². The van der Waals surface area contributed by atoms with E-state index in [1.807, 2.05) is 14.0 Å². The van der Waals surface area contributed by atoms with Crippen LogP contribution in [0.4, 0.5) is 0 Å². The number of rotatable bonds is 7. The Morgan fingerprint density at radius 3 is 2.53 bits per heavy atom. The summed E-state index contributed by atoms with van der Waals surface area (Å²) in [6, 6.07) is 1.75. The highest BCUT2D eigenvalue weighted by atomic mass is 32.2. The Morgan fingerprint density at radius 2 is 2.00 bits per heavy atom. The molecule has 0 aliphatic heterocycles. The lowest BCUT2D eigenvalue weighted by molar-refractivity contribution is 0.350. The van der Waals surface area contributed by atoms with Crippen molar-refractivity contribution in [2.45, 2.75) is 44.9 Å². The van der Waals surface area contributed by atoms with Crippen LogP contribution in [-0.4, -0.2) is 22.0 Å². The molecule has 1 aromatic rings. The van der Waals surface area contributed by atoms with Crippen molar-refractivity contribution in [1.29, 1.82) is 0 Å². The average molecular weight is 304 g/mol. The van der Waals surface area contributed by atoms with Gasteiger partial charge in [0.15, 0.2) is 0 Å². The van der Waals surface area contributed by atoms with Crippen molar-refractivity contribution in [2.24, 2.45) is 5.41 Å². The second kappa shape index (κ2) is 6.35. The van der Waals surface area contributed by atoms with Crippen molar-refractivity contribution in [3.05, 3.63) is 16.5 Å². The molecule has 19 heavy (non-hydrogen) atoms. The summed E-state index contributed by atoms with van der Waals surface area (Å²) >= 11 is 1.34. The van der Waals surface area contributed by atoms with Crippen LogP contribution in [0.2, 0.25) is 0 Å². The summed E-state index contributed by atoms with van der Waals surface area (Å²) in [5.74, 6) is 0. The molecule has 1 aromatic heterocycles. The van der Waals surface area contributed by atoms with Crippen LogP contribution in [0.15, 0.2) is 10.3 Å². The first-order chi connectivity index (χ1) is 8.72. The molecule has 0 unspecified atom stereocenters. The number of hydrogen-bond donors (Lipinski definition) is 2. The maximum absolute atomic E-state index is 12.2. The third-order valence-electron chi connectivity index (χ3n) is 3.30. The molecular weight excluding hydrogens is 280 g/mol. The predicted molar refractivity (Wildman–Crippen MR) is 81.1 cm³/mol. The second-order valence-electron chi connectivity index (χ2n) is 5.54. The Balaban J connectivity index is 2.86. The van der Waals surface area contributed by atoms with Gasteiger partial charge in [0.1, 0.15) is 4.21 Å². The first-order valence-corrected chi connectivity index (χ1v) is 8.75. The number of thiophene rings is 1. The van der Waals surface area contributed by atoms with Gasteiger partial charge in [-0.1, -0.05) is 20.8 Å². The van der Waals surface area contributed by atoms with Gasteiger partial charge in [-0.2, -0.15) is 0 Å². The van der Waals surface area contributed by atoms with Crippen molar-refractivity contribution < 1.29 is 8.42 Å². The van der Waals surface area contributed by atoms with Crippen molar-refractivity contribution in [2.75, 3.05) is 13.6 Å². The molecular formula is C13H24N2O2S2. The Morgan fingerprint density at radius 1 is 1.37 bits per heavy atom. The monoisotopic (exact) mass is 304 g/mol. The average Bonchev–Trinajstić information content (AvgIpc) is 2.70. The maximum atomic E-state index is 12.2. The van der Waals surface area contributed by atoms with Gasteiger partial charge in [-0.3, -0.25) is 0 Å². The second-order valence-corrected chi connectivity index (χ2v) is 8.67. The summed E-state index contributed by atoms with van der Waals surface area (Å²) in [4.78, 5) is 1.07. The smallest absolute Gasteiger partial charge is 0.250 e. The van der Waals surface area contributed by atoms with Crippen molar-refractivity contribution in [1.82, 2.24) is 10.0 Å².